The third-order valence-corrected chi connectivity index (χ3v) is 6.54. The van der Waals surface area contributed by atoms with Crippen LogP contribution in [0.3, 0.4) is 0 Å². The smallest absolute Gasteiger partial charge is 0.326 e. The van der Waals surface area contributed by atoms with Gasteiger partial charge in [0.15, 0.2) is 0 Å². The van der Waals surface area contributed by atoms with Gasteiger partial charge in [0.2, 0.25) is 6.17 Å². The van der Waals surface area contributed by atoms with Gasteiger partial charge in [0.05, 0.1) is 11.4 Å². The second-order valence-electron chi connectivity index (χ2n) is 9.90. The zero-order valence-corrected chi connectivity index (χ0v) is 22.2. The van der Waals surface area contributed by atoms with Gasteiger partial charge in [0, 0.05) is 44.0 Å². The second-order valence-corrected chi connectivity index (χ2v) is 9.90. The van der Waals surface area contributed by atoms with E-state index in [-0.39, 0.29) is 17.9 Å². The number of nitrogens with zero attached hydrogens (tertiary/aromatic N) is 4. The van der Waals surface area contributed by atoms with Crippen molar-refractivity contribution in [3.05, 3.63) is 95.1 Å². The number of amides is 3. The molecule has 3 aromatic carbocycles. The Morgan fingerprint density at radius 2 is 1.73 bits per heavy atom. The number of rotatable bonds is 6. The van der Waals surface area contributed by atoms with Crippen LogP contribution in [-0.4, -0.2) is 49.4 Å². The van der Waals surface area contributed by atoms with Crippen molar-refractivity contribution in [3.63, 3.8) is 0 Å². The summed E-state index contributed by atoms with van der Waals surface area (Å²) >= 11 is 0. The van der Waals surface area contributed by atoms with Crippen molar-refractivity contribution in [2.75, 3.05) is 30.4 Å². The summed E-state index contributed by atoms with van der Waals surface area (Å²) in [6.07, 6.45) is -1.03. The Labute approximate surface area is 219 Å². The van der Waals surface area contributed by atoms with Crippen LogP contribution in [0.2, 0.25) is 0 Å². The number of carbonyl (C=O) groups excluding carboxylic acids is 2. The zero-order valence-electron chi connectivity index (χ0n) is 22.2. The summed E-state index contributed by atoms with van der Waals surface area (Å²) in [5.41, 5.74) is 11.8. The summed E-state index contributed by atoms with van der Waals surface area (Å²) in [5, 5.41) is 0. The van der Waals surface area contributed by atoms with Gasteiger partial charge < -0.3 is 10.6 Å². The van der Waals surface area contributed by atoms with Crippen LogP contribution in [-0.2, 0) is 11.3 Å². The van der Waals surface area contributed by atoms with E-state index in [2.05, 4.69) is 13.8 Å². The van der Waals surface area contributed by atoms with Crippen molar-refractivity contribution in [1.82, 2.24) is 4.90 Å². The Kier molecular flexibility index (Phi) is 7.74. The molecule has 192 valence electrons. The fourth-order valence-corrected chi connectivity index (χ4v) is 4.54. The number of para-hydroxylation sites is 1. The summed E-state index contributed by atoms with van der Waals surface area (Å²) in [6.45, 7) is 7.08. The molecule has 7 heteroatoms. The number of nitrogens with two attached hydrogens (primary N) is 1. The number of hydrogen-bond acceptors (Lipinski definition) is 4. The first-order valence-electron chi connectivity index (χ1n) is 12.6. The SMILES string of the molecule is Cc1cccc(N(C)C(=O)N(C)[C@H]2N=C(c3ccc(CN)cc3)c3ccccc3N(CC(C)C)C2=O)c1. The van der Waals surface area contributed by atoms with Crippen LogP contribution in [0, 0.1) is 12.8 Å². The fourth-order valence-electron chi connectivity index (χ4n) is 4.54. The number of aryl methyl sites for hydroxylation is 1. The number of fused-ring (bicyclic) bond motifs is 1. The number of hydrogen-bond donors (Lipinski definition) is 1. The molecule has 3 amide bonds. The highest BCUT2D eigenvalue weighted by molar-refractivity contribution is 6.20. The first-order valence-corrected chi connectivity index (χ1v) is 12.6. The van der Waals surface area contributed by atoms with Crippen molar-refractivity contribution in [2.24, 2.45) is 16.6 Å². The van der Waals surface area contributed by atoms with Gasteiger partial charge in [0.25, 0.3) is 5.91 Å². The van der Waals surface area contributed by atoms with Crippen LogP contribution >= 0.6 is 0 Å². The third kappa shape index (κ3) is 5.42. The lowest BCUT2D eigenvalue weighted by molar-refractivity contribution is -0.122. The molecule has 1 heterocycles. The molecule has 0 fully saturated rings. The van der Waals surface area contributed by atoms with E-state index in [4.69, 9.17) is 10.7 Å². The van der Waals surface area contributed by atoms with E-state index in [9.17, 15) is 9.59 Å². The van der Waals surface area contributed by atoms with E-state index in [1.165, 1.54) is 4.90 Å². The maximum absolute atomic E-state index is 14.1. The predicted octanol–water partition coefficient (Wildman–Crippen LogP) is 4.81. The molecular weight excluding hydrogens is 462 g/mol. The van der Waals surface area contributed by atoms with Crippen molar-refractivity contribution in [1.29, 1.82) is 0 Å². The molecule has 0 radical (unpaired) electrons. The Bertz CT molecular complexity index is 1320. The molecule has 1 aliphatic heterocycles. The lowest BCUT2D eigenvalue weighted by Gasteiger charge is -2.32. The van der Waals surface area contributed by atoms with Gasteiger partial charge >= 0.3 is 6.03 Å². The van der Waals surface area contributed by atoms with Crippen molar-refractivity contribution >= 4 is 29.0 Å². The largest absolute Gasteiger partial charge is 0.326 e. The molecule has 0 aliphatic carbocycles. The molecule has 0 saturated carbocycles. The van der Waals surface area contributed by atoms with Gasteiger partial charge in [-0.3, -0.25) is 14.6 Å². The van der Waals surface area contributed by atoms with E-state index in [0.29, 0.717) is 18.8 Å². The quantitative estimate of drug-likeness (QED) is 0.531. The normalized spacial score (nSPS) is 15.2. The number of anilines is 2. The zero-order chi connectivity index (χ0) is 26.7. The summed E-state index contributed by atoms with van der Waals surface area (Å²) in [5.74, 6) is -0.0118. The average Bonchev–Trinajstić information content (AvgIpc) is 3.02. The molecule has 0 spiro atoms. The minimum absolute atomic E-state index is 0.221. The predicted molar refractivity (Wildman–Crippen MR) is 150 cm³/mol. The molecule has 37 heavy (non-hydrogen) atoms. The monoisotopic (exact) mass is 497 g/mol. The molecule has 4 rings (SSSR count). The number of urea groups is 1. The van der Waals surface area contributed by atoms with E-state index in [1.807, 2.05) is 79.7 Å². The van der Waals surface area contributed by atoms with Crippen LogP contribution in [0.25, 0.3) is 0 Å². The Morgan fingerprint density at radius 1 is 1.03 bits per heavy atom. The van der Waals surface area contributed by atoms with Crippen LogP contribution in [0.4, 0.5) is 16.2 Å². The van der Waals surface area contributed by atoms with Crippen LogP contribution in [0.1, 0.15) is 36.1 Å². The summed E-state index contributed by atoms with van der Waals surface area (Å²) in [7, 11) is 3.35. The van der Waals surface area contributed by atoms with Crippen LogP contribution in [0.15, 0.2) is 77.8 Å². The Morgan fingerprint density at radius 3 is 2.38 bits per heavy atom. The van der Waals surface area contributed by atoms with Gasteiger partial charge in [-0.25, -0.2) is 9.79 Å². The van der Waals surface area contributed by atoms with Crippen molar-refractivity contribution < 1.29 is 9.59 Å². The van der Waals surface area contributed by atoms with E-state index in [0.717, 1.165) is 33.6 Å². The average molecular weight is 498 g/mol. The number of benzene rings is 3. The molecular formula is C30H35N5O2. The molecule has 0 saturated heterocycles. The maximum Gasteiger partial charge on any atom is 0.326 e. The minimum atomic E-state index is -1.03. The highest BCUT2D eigenvalue weighted by Gasteiger charge is 2.37. The Balaban J connectivity index is 1.82. The van der Waals surface area contributed by atoms with E-state index < -0.39 is 6.17 Å². The standard InChI is InChI=1S/C30H35N5O2/c1-20(2)19-35-26-12-7-6-11-25(26)27(23-15-13-22(18-31)14-16-23)32-28(29(35)36)34(5)30(37)33(4)24-10-8-9-21(3)17-24/h6-17,20,28H,18-19,31H2,1-5H3/t28-/m1/s1. The first-order chi connectivity index (χ1) is 17.7. The summed E-state index contributed by atoms with van der Waals surface area (Å²) in [4.78, 5) is 37.4. The summed E-state index contributed by atoms with van der Waals surface area (Å²) in [6, 6.07) is 23.1. The number of aliphatic imine (C=N–C) groups is 1. The van der Waals surface area contributed by atoms with Gasteiger partial charge in [-0.15, -0.1) is 0 Å². The van der Waals surface area contributed by atoms with Crippen molar-refractivity contribution in [2.45, 2.75) is 33.5 Å². The number of likely N-dealkylation sites (N-methyl/N-ethyl adjacent to an activating group) is 1. The lowest BCUT2D eigenvalue weighted by atomic mass is 9.99. The lowest BCUT2D eigenvalue weighted by Crippen LogP contribution is -2.52. The van der Waals surface area contributed by atoms with Gasteiger partial charge in [0.1, 0.15) is 0 Å². The topological polar surface area (TPSA) is 82.2 Å². The van der Waals surface area contributed by atoms with Crippen LogP contribution < -0.4 is 15.5 Å². The second kappa shape index (κ2) is 11.0. The van der Waals surface area contributed by atoms with Crippen LogP contribution in [0.5, 0.6) is 0 Å². The van der Waals surface area contributed by atoms with E-state index in [1.54, 1.807) is 23.9 Å². The van der Waals surface area contributed by atoms with Gasteiger partial charge in [-0.1, -0.05) is 68.4 Å². The molecule has 1 aliphatic rings. The number of benzodiazepines with no additional fused rings is 1. The minimum Gasteiger partial charge on any atom is -0.326 e. The first kappa shape index (κ1) is 26.1. The van der Waals surface area contributed by atoms with Gasteiger partial charge in [-0.2, -0.15) is 0 Å². The molecule has 0 bridgehead atoms. The van der Waals surface area contributed by atoms with Gasteiger partial charge in [-0.05, 0) is 42.2 Å². The molecule has 3 aromatic rings. The fraction of sp³-hybridized carbons (Fsp3) is 0.300. The van der Waals surface area contributed by atoms with E-state index >= 15 is 0 Å². The Hall–Kier alpha value is -3.97. The molecule has 0 unspecified atom stereocenters. The third-order valence-electron chi connectivity index (χ3n) is 6.54. The molecule has 7 nitrogen and oxygen atoms in total. The maximum atomic E-state index is 14.1. The highest BCUT2D eigenvalue weighted by Crippen LogP contribution is 2.30. The highest BCUT2D eigenvalue weighted by atomic mass is 16.2. The molecule has 1 atom stereocenters. The number of carbonyl (C=O) groups is 2. The molecule has 2 N–H and O–H groups in total. The molecule has 0 aromatic heterocycles. The summed E-state index contributed by atoms with van der Waals surface area (Å²) < 4.78 is 0. The van der Waals surface area contributed by atoms with Crippen molar-refractivity contribution in [3.8, 4) is 0 Å².